The van der Waals surface area contributed by atoms with Crippen LogP contribution < -0.4 is 5.32 Å². The Kier molecular flexibility index (Phi) is 4.33. The van der Waals surface area contributed by atoms with Crippen LogP contribution in [0.15, 0.2) is 48.5 Å². The molecule has 2 rings (SSSR count). The van der Waals surface area contributed by atoms with E-state index in [2.05, 4.69) is 5.32 Å². The molecule has 0 saturated carbocycles. The van der Waals surface area contributed by atoms with Crippen molar-refractivity contribution in [3.63, 3.8) is 0 Å². The number of nitrogens with one attached hydrogen (secondary N) is 1. The van der Waals surface area contributed by atoms with Crippen molar-refractivity contribution in [2.45, 2.75) is 19.8 Å². The normalized spacial score (nSPS) is 11.7. The molecule has 2 aromatic rings. The molecule has 0 heterocycles. The maximum atomic E-state index is 12.2. The predicted molar refractivity (Wildman–Crippen MR) is 81.3 cm³/mol. The van der Waals surface area contributed by atoms with E-state index in [1.807, 2.05) is 31.2 Å². The molecule has 0 unspecified atom stereocenters. The first-order chi connectivity index (χ1) is 9.97. The average molecular weight is 284 g/mol. The van der Waals surface area contributed by atoms with E-state index >= 15 is 0 Å². The van der Waals surface area contributed by atoms with Gasteiger partial charge in [-0.05, 0) is 31.5 Å². The van der Waals surface area contributed by atoms with Gasteiger partial charge in [-0.3, -0.25) is 14.9 Å². The quantitative estimate of drug-likeness (QED) is 0.688. The molecule has 0 bridgehead atoms. The summed E-state index contributed by atoms with van der Waals surface area (Å²) in [5, 5.41) is 13.4. The van der Waals surface area contributed by atoms with Crippen molar-refractivity contribution in [3.8, 4) is 0 Å². The van der Waals surface area contributed by atoms with Gasteiger partial charge in [0.25, 0.3) is 5.69 Å². The zero-order valence-corrected chi connectivity index (χ0v) is 11.9. The molecule has 0 fully saturated rings. The van der Waals surface area contributed by atoms with Gasteiger partial charge in [-0.2, -0.15) is 0 Å². The second-order valence-electron chi connectivity index (χ2n) is 4.93. The summed E-state index contributed by atoms with van der Waals surface area (Å²) in [6.45, 7) is 3.75. The van der Waals surface area contributed by atoms with E-state index < -0.39 is 4.92 Å². The first kappa shape index (κ1) is 14.7. The third-order valence-electron chi connectivity index (χ3n) is 3.32. The summed E-state index contributed by atoms with van der Waals surface area (Å²) in [6, 6.07) is 13.6. The Hall–Kier alpha value is -2.69. The molecule has 1 atom stereocenters. The number of aryl methyl sites for hydroxylation is 1. The third-order valence-corrected chi connectivity index (χ3v) is 3.32. The Labute approximate surface area is 122 Å². The lowest BCUT2D eigenvalue weighted by atomic mass is 10.00. The molecule has 5 heteroatoms. The SMILES string of the molecule is Cc1ccc(NC(=O)[C@H](C)c2ccc([N+](=O)[O-])cc2)cc1. The molecule has 2 aromatic carbocycles. The van der Waals surface area contributed by atoms with Crippen LogP contribution in [-0.4, -0.2) is 10.8 Å². The third kappa shape index (κ3) is 3.66. The molecule has 5 nitrogen and oxygen atoms in total. The minimum atomic E-state index is -0.458. The monoisotopic (exact) mass is 284 g/mol. The number of rotatable bonds is 4. The summed E-state index contributed by atoms with van der Waals surface area (Å²) in [4.78, 5) is 22.3. The van der Waals surface area contributed by atoms with Crippen LogP contribution >= 0.6 is 0 Å². The molecule has 0 spiro atoms. The highest BCUT2D eigenvalue weighted by molar-refractivity contribution is 5.95. The fraction of sp³-hybridized carbons (Fsp3) is 0.188. The van der Waals surface area contributed by atoms with Crippen LogP contribution in [0.4, 0.5) is 11.4 Å². The Morgan fingerprint density at radius 1 is 1.10 bits per heavy atom. The molecule has 21 heavy (non-hydrogen) atoms. The number of hydrogen-bond acceptors (Lipinski definition) is 3. The lowest BCUT2D eigenvalue weighted by Gasteiger charge is -2.12. The molecule has 108 valence electrons. The lowest BCUT2D eigenvalue weighted by molar-refractivity contribution is -0.384. The number of carbonyl (C=O) groups is 1. The number of anilines is 1. The number of nitrogens with zero attached hydrogens (tertiary/aromatic N) is 1. The Bertz CT molecular complexity index is 648. The molecule has 0 aromatic heterocycles. The van der Waals surface area contributed by atoms with Gasteiger partial charge in [0.1, 0.15) is 0 Å². The van der Waals surface area contributed by atoms with Gasteiger partial charge in [0.2, 0.25) is 5.91 Å². The van der Waals surface area contributed by atoms with Gasteiger partial charge in [-0.15, -0.1) is 0 Å². The van der Waals surface area contributed by atoms with E-state index in [0.717, 1.165) is 16.8 Å². The summed E-state index contributed by atoms with van der Waals surface area (Å²) in [5.41, 5.74) is 2.62. The average Bonchev–Trinajstić information content (AvgIpc) is 2.49. The summed E-state index contributed by atoms with van der Waals surface area (Å²) in [6.07, 6.45) is 0. The van der Waals surface area contributed by atoms with Crippen LogP contribution in [0.5, 0.6) is 0 Å². The highest BCUT2D eigenvalue weighted by atomic mass is 16.6. The molecular weight excluding hydrogens is 268 g/mol. The van der Waals surface area contributed by atoms with Crippen LogP contribution in [0, 0.1) is 17.0 Å². The number of carbonyl (C=O) groups excluding carboxylic acids is 1. The van der Waals surface area contributed by atoms with Crippen molar-refractivity contribution in [1.29, 1.82) is 0 Å². The molecule has 0 aliphatic heterocycles. The Morgan fingerprint density at radius 3 is 2.19 bits per heavy atom. The van der Waals surface area contributed by atoms with Gasteiger partial charge in [-0.1, -0.05) is 29.8 Å². The highest BCUT2D eigenvalue weighted by Crippen LogP contribution is 2.21. The van der Waals surface area contributed by atoms with Crippen molar-refractivity contribution in [3.05, 3.63) is 69.8 Å². The minimum Gasteiger partial charge on any atom is -0.326 e. The fourth-order valence-electron chi connectivity index (χ4n) is 1.92. The topological polar surface area (TPSA) is 72.2 Å². The minimum absolute atomic E-state index is 0.0184. The van der Waals surface area contributed by atoms with E-state index in [4.69, 9.17) is 0 Å². The van der Waals surface area contributed by atoms with Gasteiger partial charge in [0.05, 0.1) is 10.8 Å². The molecule has 0 aliphatic carbocycles. The molecule has 0 aliphatic rings. The predicted octanol–water partition coefficient (Wildman–Crippen LogP) is 3.65. The van der Waals surface area contributed by atoms with Gasteiger partial charge >= 0.3 is 0 Å². The number of hydrogen-bond donors (Lipinski definition) is 1. The maximum Gasteiger partial charge on any atom is 0.269 e. The zero-order valence-electron chi connectivity index (χ0n) is 11.9. The van der Waals surface area contributed by atoms with Crippen molar-refractivity contribution in [1.82, 2.24) is 0 Å². The van der Waals surface area contributed by atoms with E-state index in [9.17, 15) is 14.9 Å². The lowest BCUT2D eigenvalue weighted by Crippen LogP contribution is -2.18. The second kappa shape index (κ2) is 6.17. The van der Waals surface area contributed by atoms with Crippen LogP contribution in [-0.2, 0) is 4.79 Å². The summed E-state index contributed by atoms with van der Waals surface area (Å²) in [5.74, 6) is -0.528. The molecule has 1 amide bonds. The van der Waals surface area contributed by atoms with Crippen LogP contribution in [0.2, 0.25) is 0 Å². The van der Waals surface area contributed by atoms with Gasteiger partial charge in [-0.25, -0.2) is 0 Å². The smallest absolute Gasteiger partial charge is 0.269 e. The van der Waals surface area contributed by atoms with E-state index in [0.29, 0.717) is 0 Å². The van der Waals surface area contributed by atoms with Crippen molar-refractivity contribution in [2.24, 2.45) is 0 Å². The zero-order chi connectivity index (χ0) is 15.4. The summed E-state index contributed by atoms with van der Waals surface area (Å²) < 4.78 is 0. The number of nitro benzene ring substituents is 1. The van der Waals surface area contributed by atoms with Crippen molar-refractivity contribution in [2.75, 3.05) is 5.32 Å². The Balaban J connectivity index is 2.08. The van der Waals surface area contributed by atoms with E-state index in [-0.39, 0.29) is 17.5 Å². The van der Waals surface area contributed by atoms with E-state index in [1.165, 1.54) is 12.1 Å². The van der Waals surface area contributed by atoms with E-state index in [1.54, 1.807) is 19.1 Å². The summed E-state index contributed by atoms with van der Waals surface area (Å²) >= 11 is 0. The maximum absolute atomic E-state index is 12.2. The van der Waals surface area contributed by atoms with Crippen molar-refractivity contribution < 1.29 is 9.72 Å². The largest absolute Gasteiger partial charge is 0.326 e. The fourth-order valence-corrected chi connectivity index (χ4v) is 1.92. The molecule has 0 radical (unpaired) electrons. The molecule has 0 saturated heterocycles. The Morgan fingerprint density at radius 2 is 1.67 bits per heavy atom. The standard InChI is InChI=1S/C16H16N2O3/c1-11-3-7-14(8-4-11)17-16(19)12(2)13-5-9-15(10-6-13)18(20)21/h3-10,12H,1-2H3,(H,17,19)/t12-/m1/s1. The van der Waals surface area contributed by atoms with Gasteiger partial charge in [0, 0.05) is 17.8 Å². The van der Waals surface area contributed by atoms with Gasteiger partial charge in [0.15, 0.2) is 0 Å². The number of amides is 1. The first-order valence-electron chi connectivity index (χ1n) is 6.59. The molecular formula is C16H16N2O3. The van der Waals surface area contributed by atoms with Gasteiger partial charge < -0.3 is 5.32 Å². The number of benzene rings is 2. The van der Waals surface area contributed by atoms with Crippen LogP contribution in [0.1, 0.15) is 24.0 Å². The second-order valence-corrected chi connectivity index (χ2v) is 4.93. The molecule has 1 N–H and O–H groups in total. The van der Waals surface area contributed by atoms with Crippen LogP contribution in [0.3, 0.4) is 0 Å². The van der Waals surface area contributed by atoms with Crippen molar-refractivity contribution >= 4 is 17.3 Å². The summed E-state index contributed by atoms with van der Waals surface area (Å²) in [7, 11) is 0. The highest BCUT2D eigenvalue weighted by Gasteiger charge is 2.16. The first-order valence-corrected chi connectivity index (χ1v) is 6.59. The van der Waals surface area contributed by atoms with Crippen LogP contribution in [0.25, 0.3) is 0 Å². The number of non-ortho nitro benzene ring substituents is 1. The number of nitro groups is 1.